The van der Waals surface area contributed by atoms with Gasteiger partial charge in [0.15, 0.2) is 6.61 Å². The van der Waals surface area contributed by atoms with Gasteiger partial charge >= 0.3 is 0 Å². The Bertz CT molecular complexity index is 586. The van der Waals surface area contributed by atoms with Crippen LogP contribution < -0.4 is 10.1 Å². The molecule has 0 saturated heterocycles. The first kappa shape index (κ1) is 14.5. The monoisotopic (exact) mass is 294 g/mol. The summed E-state index contributed by atoms with van der Waals surface area (Å²) in [6, 6.07) is 5.71. The van der Waals surface area contributed by atoms with Gasteiger partial charge in [-0.05, 0) is 19.1 Å². The van der Waals surface area contributed by atoms with E-state index in [-0.39, 0.29) is 18.3 Å². The summed E-state index contributed by atoms with van der Waals surface area (Å²) in [6.45, 7) is 2.38. The van der Waals surface area contributed by atoms with Crippen LogP contribution in [0.1, 0.15) is 9.88 Å². The predicted molar refractivity (Wildman–Crippen MR) is 75.5 cm³/mol. The molecule has 0 unspecified atom stereocenters. The Morgan fingerprint density at radius 3 is 3.05 bits per heavy atom. The second-order valence-electron chi connectivity index (χ2n) is 4.21. The van der Waals surface area contributed by atoms with E-state index in [1.54, 1.807) is 17.4 Å². The maximum absolute atomic E-state index is 12.9. The highest BCUT2D eigenvalue weighted by atomic mass is 32.1. The van der Waals surface area contributed by atoms with Gasteiger partial charge in [0.05, 0.1) is 5.01 Å². The van der Waals surface area contributed by atoms with Gasteiger partial charge in [0, 0.05) is 30.1 Å². The van der Waals surface area contributed by atoms with Crippen molar-refractivity contribution in [1.29, 1.82) is 0 Å². The zero-order valence-corrected chi connectivity index (χ0v) is 11.9. The fourth-order valence-electron chi connectivity index (χ4n) is 1.58. The van der Waals surface area contributed by atoms with Crippen LogP contribution in [0.5, 0.6) is 5.75 Å². The van der Waals surface area contributed by atoms with Crippen molar-refractivity contribution in [2.45, 2.75) is 13.3 Å². The van der Waals surface area contributed by atoms with Gasteiger partial charge in [-0.25, -0.2) is 9.37 Å². The van der Waals surface area contributed by atoms with Crippen LogP contribution in [0, 0.1) is 12.7 Å². The highest BCUT2D eigenvalue weighted by Crippen LogP contribution is 2.12. The number of hydrogen-bond acceptors (Lipinski definition) is 4. The first-order valence-corrected chi connectivity index (χ1v) is 7.01. The lowest BCUT2D eigenvalue weighted by Gasteiger charge is -2.06. The molecule has 0 aliphatic heterocycles. The van der Waals surface area contributed by atoms with Crippen LogP contribution in [0.15, 0.2) is 30.5 Å². The van der Waals surface area contributed by atoms with E-state index >= 15 is 0 Å². The first-order chi connectivity index (χ1) is 9.63. The number of aromatic nitrogens is 1. The molecule has 0 saturated carbocycles. The molecule has 0 radical (unpaired) electrons. The van der Waals surface area contributed by atoms with Gasteiger partial charge in [-0.15, -0.1) is 11.3 Å². The molecule has 2 aromatic rings. The van der Waals surface area contributed by atoms with E-state index in [2.05, 4.69) is 10.3 Å². The molecule has 0 aliphatic carbocycles. The molecule has 1 aromatic carbocycles. The zero-order chi connectivity index (χ0) is 14.4. The zero-order valence-electron chi connectivity index (χ0n) is 11.1. The Balaban J connectivity index is 1.68. The average molecular weight is 294 g/mol. The van der Waals surface area contributed by atoms with Crippen LogP contribution in [0.3, 0.4) is 0 Å². The minimum Gasteiger partial charge on any atom is -0.484 e. The molecule has 1 N–H and O–H groups in total. The number of nitrogens with zero attached hydrogens (tertiary/aromatic N) is 1. The first-order valence-electron chi connectivity index (χ1n) is 6.20. The molecule has 0 fully saturated rings. The summed E-state index contributed by atoms with van der Waals surface area (Å²) in [7, 11) is 0. The molecule has 0 bridgehead atoms. The van der Waals surface area contributed by atoms with Crippen LogP contribution >= 0.6 is 11.3 Å². The number of rotatable bonds is 6. The van der Waals surface area contributed by atoms with Gasteiger partial charge in [0.1, 0.15) is 11.6 Å². The summed E-state index contributed by atoms with van der Waals surface area (Å²) in [5.74, 6) is -0.278. The van der Waals surface area contributed by atoms with E-state index < -0.39 is 0 Å². The fourth-order valence-corrected chi connectivity index (χ4v) is 2.37. The van der Waals surface area contributed by atoms with Crippen molar-refractivity contribution in [1.82, 2.24) is 10.3 Å². The maximum Gasteiger partial charge on any atom is 0.257 e. The molecule has 0 aliphatic rings. The molecule has 1 amide bonds. The van der Waals surface area contributed by atoms with Crippen molar-refractivity contribution < 1.29 is 13.9 Å². The highest BCUT2D eigenvalue weighted by Gasteiger charge is 2.04. The molecular formula is C14H15FN2O2S. The van der Waals surface area contributed by atoms with E-state index in [4.69, 9.17) is 4.74 Å². The number of ether oxygens (including phenoxy) is 1. The Morgan fingerprint density at radius 1 is 1.50 bits per heavy atom. The summed E-state index contributed by atoms with van der Waals surface area (Å²) in [4.78, 5) is 16.9. The van der Waals surface area contributed by atoms with Crippen molar-refractivity contribution >= 4 is 17.2 Å². The van der Waals surface area contributed by atoms with E-state index in [1.165, 1.54) is 18.2 Å². The van der Waals surface area contributed by atoms with E-state index in [0.717, 1.165) is 9.88 Å². The minimum absolute atomic E-state index is 0.125. The van der Waals surface area contributed by atoms with E-state index in [1.807, 2.05) is 13.1 Å². The molecule has 2 rings (SSSR count). The minimum atomic E-state index is -0.387. The molecule has 0 spiro atoms. The molecule has 6 heteroatoms. The van der Waals surface area contributed by atoms with E-state index in [9.17, 15) is 9.18 Å². The second-order valence-corrected chi connectivity index (χ2v) is 5.53. The number of thiazole rings is 1. The molecule has 106 valence electrons. The largest absolute Gasteiger partial charge is 0.484 e. The lowest BCUT2D eigenvalue weighted by Crippen LogP contribution is -2.30. The number of carbonyl (C=O) groups excluding carboxylic acids is 1. The van der Waals surface area contributed by atoms with Gasteiger partial charge in [-0.3, -0.25) is 4.79 Å². The van der Waals surface area contributed by atoms with Gasteiger partial charge in [0.25, 0.3) is 5.91 Å². The standard InChI is InChI=1S/C14H15FN2O2S/c1-10-8-17-14(20-10)5-6-16-13(18)9-19-12-4-2-3-11(15)7-12/h2-4,7-8H,5-6,9H2,1H3,(H,16,18). The van der Waals surface area contributed by atoms with Crippen molar-refractivity contribution in [2.24, 2.45) is 0 Å². The van der Waals surface area contributed by atoms with Gasteiger partial charge in [-0.1, -0.05) is 6.07 Å². The molecule has 20 heavy (non-hydrogen) atoms. The Labute approximate surface area is 120 Å². The van der Waals surface area contributed by atoms with Crippen LogP contribution in [0.2, 0.25) is 0 Å². The quantitative estimate of drug-likeness (QED) is 0.889. The topological polar surface area (TPSA) is 51.2 Å². The van der Waals surface area contributed by atoms with Crippen LogP contribution in [-0.2, 0) is 11.2 Å². The second kappa shape index (κ2) is 7.00. The number of aryl methyl sites for hydroxylation is 1. The van der Waals surface area contributed by atoms with Gasteiger partial charge in [-0.2, -0.15) is 0 Å². The molecule has 1 heterocycles. The highest BCUT2D eigenvalue weighted by molar-refractivity contribution is 7.11. The summed E-state index contributed by atoms with van der Waals surface area (Å²) in [5.41, 5.74) is 0. The Morgan fingerprint density at radius 2 is 2.35 bits per heavy atom. The van der Waals surface area contributed by atoms with Crippen LogP contribution in [-0.4, -0.2) is 24.0 Å². The molecule has 1 aromatic heterocycles. The smallest absolute Gasteiger partial charge is 0.257 e. The van der Waals surface area contributed by atoms with Crippen LogP contribution in [0.4, 0.5) is 4.39 Å². The number of benzene rings is 1. The predicted octanol–water partition coefficient (Wildman–Crippen LogP) is 2.33. The average Bonchev–Trinajstić information content (AvgIpc) is 2.82. The van der Waals surface area contributed by atoms with Crippen molar-refractivity contribution in [3.8, 4) is 5.75 Å². The Kier molecular flexibility index (Phi) is 5.06. The van der Waals surface area contributed by atoms with Crippen molar-refractivity contribution in [2.75, 3.05) is 13.2 Å². The van der Waals surface area contributed by atoms with E-state index in [0.29, 0.717) is 18.7 Å². The van der Waals surface area contributed by atoms with Gasteiger partial charge in [0.2, 0.25) is 0 Å². The lowest BCUT2D eigenvalue weighted by molar-refractivity contribution is -0.123. The number of carbonyl (C=O) groups is 1. The maximum atomic E-state index is 12.9. The number of amides is 1. The van der Waals surface area contributed by atoms with Gasteiger partial charge < -0.3 is 10.1 Å². The fraction of sp³-hybridized carbons (Fsp3) is 0.286. The molecular weight excluding hydrogens is 279 g/mol. The number of halogens is 1. The Hall–Kier alpha value is -1.95. The number of nitrogens with one attached hydrogen (secondary N) is 1. The van der Waals surface area contributed by atoms with Crippen molar-refractivity contribution in [3.05, 3.63) is 46.2 Å². The normalized spacial score (nSPS) is 10.3. The summed E-state index contributed by atoms with van der Waals surface area (Å²) < 4.78 is 18.1. The summed E-state index contributed by atoms with van der Waals surface area (Å²) >= 11 is 1.62. The van der Waals surface area contributed by atoms with Crippen LogP contribution in [0.25, 0.3) is 0 Å². The summed E-state index contributed by atoms with van der Waals surface area (Å²) in [6.07, 6.45) is 2.51. The summed E-state index contributed by atoms with van der Waals surface area (Å²) in [5, 5.41) is 3.73. The SMILES string of the molecule is Cc1cnc(CCNC(=O)COc2cccc(F)c2)s1. The number of hydrogen-bond donors (Lipinski definition) is 1. The van der Waals surface area contributed by atoms with Crippen molar-refractivity contribution in [3.63, 3.8) is 0 Å². The molecule has 4 nitrogen and oxygen atoms in total. The third-order valence-electron chi connectivity index (χ3n) is 2.50. The third kappa shape index (κ3) is 4.62. The third-order valence-corrected chi connectivity index (χ3v) is 3.47. The molecule has 0 atom stereocenters. The lowest BCUT2D eigenvalue weighted by atomic mass is 10.3.